The van der Waals surface area contributed by atoms with Crippen LogP contribution < -0.4 is 10.2 Å². The highest BCUT2D eigenvalue weighted by Crippen LogP contribution is 2.24. The van der Waals surface area contributed by atoms with Gasteiger partial charge in [0.15, 0.2) is 0 Å². The average Bonchev–Trinajstić information content (AvgIpc) is 2.35. The molecule has 5 nitrogen and oxygen atoms in total. The van der Waals surface area contributed by atoms with E-state index in [1.807, 2.05) is 0 Å². The van der Waals surface area contributed by atoms with Crippen molar-refractivity contribution in [3.63, 3.8) is 0 Å². The van der Waals surface area contributed by atoms with E-state index in [9.17, 15) is 4.79 Å². The average molecular weight is 275 g/mol. The summed E-state index contributed by atoms with van der Waals surface area (Å²) < 4.78 is 0. The Bertz CT molecular complexity index is 417. The van der Waals surface area contributed by atoms with Gasteiger partial charge < -0.3 is 15.0 Å². The van der Waals surface area contributed by atoms with Gasteiger partial charge in [0.2, 0.25) is 5.95 Å². The SMILES string of the molecule is Cc1c(Cl)nc(N2CCNCC2C=O)nc1Cl. The Morgan fingerprint density at radius 3 is 2.65 bits per heavy atom. The number of aldehydes is 1. The Morgan fingerprint density at radius 2 is 2.06 bits per heavy atom. The molecule has 1 saturated heterocycles. The quantitative estimate of drug-likeness (QED) is 0.646. The first kappa shape index (κ1) is 12.5. The molecule has 0 amide bonds. The Kier molecular flexibility index (Phi) is 3.81. The second-order valence-corrected chi connectivity index (χ2v) is 4.55. The van der Waals surface area contributed by atoms with Crippen molar-refractivity contribution in [2.24, 2.45) is 0 Å². The second-order valence-electron chi connectivity index (χ2n) is 3.83. The summed E-state index contributed by atoms with van der Waals surface area (Å²) in [7, 11) is 0. The fourth-order valence-corrected chi connectivity index (χ4v) is 2.06. The molecule has 1 fully saturated rings. The van der Waals surface area contributed by atoms with Crippen LogP contribution in [0.5, 0.6) is 0 Å². The van der Waals surface area contributed by atoms with Crippen LogP contribution in [0.25, 0.3) is 0 Å². The largest absolute Gasteiger partial charge is 0.328 e. The fourth-order valence-electron chi connectivity index (χ4n) is 1.68. The highest BCUT2D eigenvalue weighted by Gasteiger charge is 2.24. The molecule has 1 aliphatic rings. The lowest BCUT2D eigenvalue weighted by Gasteiger charge is -2.33. The number of piperazine rings is 1. The molecule has 0 radical (unpaired) electrons. The van der Waals surface area contributed by atoms with Crippen LogP contribution in [-0.4, -0.2) is 41.9 Å². The third-order valence-electron chi connectivity index (χ3n) is 2.71. The Labute approximate surface area is 109 Å². The van der Waals surface area contributed by atoms with Crippen molar-refractivity contribution in [2.75, 3.05) is 24.5 Å². The number of hydrogen-bond donors (Lipinski definition) is 1. The number of anilines is 1. The summed E-state index contributed by atoms with van der Waals surface area (Å²) in [4.78, 5) is 21.1. The van der Waals surface area contributed by atoms with E-state index in [1.165, 1.54) is 0 Å². The van der Waals surface area contributed by atoms with Crippen LogP contribution in [-0.2, 0) is 4.79 Å². The van der Waals surface area contributed by atoms with Crippen LogP contribution in [0.2, 0.25) is 10.3 Å². The van der Waals surface area contributed by atoms with Gasteiger partial charge in [-0.25, -0.2) is 9.97 Å². The highest BCUT2D eigenvalue weighted by molar-refractivity contribution is 6.34. The van der Waals surface area contributed by atoms with Crippen LogP contribution in [0, 0.1) is 6.92 Å². The van der Waals surface area contributed by atoms with Gasteiger partial charge in [-0.1, -0.05) is 23.2 Å². The van der Waals surface area contributed by atoms with E-state index in [1.54, 1.807) is 11.8 Å². The molecular weight excluding hydrogens is 263 g/mol. The number of carbonyl (C=O) groups excluding carboxylic acids is 1. The van der Waals surface area contributed by atoms with Crippen molar-refractivity contribution >= 4 is 35.4 Å². The van der Waals surface area contributed by atoms with Gasteiger partial charge in [-0.15, -0.1) is 0 Å². The number of nitrogens with zero attached hydrogens (tertiary/aromatic N) is 3. The maximum Gasteiger partial charge on any atom is 0.228 e. The van der Waals surface area contributed by atoms with Crippen molar-refractivity contribution < 1.29 is 4.79 Å². The lowest BCUT2D eigenvalue weighted by molar-refractivity contribution is -0.109. The molecule has 1 atom stereocenters. The lowest BCUT2D eigenvalue weighted by Crippen LogP contribution is -2.52. The predicted molar refractivity (Wildman–Crippen MR) is 66.9 cm³/mol. The summed E-state index contributed by atoms with van der Waals surface area (Å²) in [5.74, 6) is 0.407. The third-order valence-corrected chi connectivity index (χ3v) is 3.45. The first-order valence-electron chi connectivity index (χ1n) is 5.25. The molecule has 1 aromatic heterocycles. The summed E-state index contributed by atoms with van der Waals surface area (Å²) >= 11 is 11.9. The molecular formula is C10H12Cl2N4O. The zero-order chi connectivity index (χ0) is 12.4. The van der Waals surface area contributed by atoms with Gasteiger partial charge in [-0.2, -0.15) is 0 Å². The topological polar surface area (TPSA) is 58.1 Å². The molecule has 1 N–H and O–H groups in total. The number of rotatable bonds is 2. The van der Waals surface area contributed by atoms with Gasteiger partial charge >= 0.3 is 0 Å². The van der Waals surface area contributed by atoms with Crippen molar-refractivity contribution in [3.8, 4) is 0 Å². The molecule has 0 aliphatic carbocycles. The first-order chi connectivity index (χ1) is 8.13. The van der Waals surface area contributed by atoms with Gasteiger partial charge in [-0.05, 0) is 6.92 Å². The van der Waals surface area contributed by atoms with Gasteiger partial charge in [0.1, 0.15) is 16.6 Å². The predicted octanol–water partition coefficient (Wildman–Crippen LogP) is 1.07. The molecule has 1 aromatic rings. The van der Waals surface area contributed by atoms with Gasteiger partial charge in [0, 0.05) is 25.2 Å². The molecule has 1 aliphatic heterocycles. The third kappa shape index (κ3) is 2.51. The van der Waals surface area contributed by atoms with E-state index in [-0.39, 0.29) is 6.04 Å². The highest BCUT2D eigenvalue weighted by atomic mass is 35.5. The van der Waals surface area contributed by atoms with Gasteiger partial charge in [0.25, 0.3) is 0 Å². The van der Waals surface area contributed by atoms with Crippen LogP contribution in [0.15, 0.2) is 0 Å². The fraction of sp³-hybridized carbons (Fsp3) is 0.500. The Balaban J connectivity index is 2.35. The van der Waals surface area contributed by atoms with E-state index >= 15 is 0 Å². The molecule has 17 heavy (non-hydrogen) atoms. The lowest BCUT2D eigenvalue weighted by atomic mass is 10.2. The van der Waals surface area contributed by atoms with Crippen LogP contribution in [0.4, 0.5) is 5.95 Å². The van der Waals surface area contributed by atoms with Crippen molar-refractivity contribution in [3.05, 3.63) is 15.9 Å². The minimum Gasteiger partial charge on any atom is -0.328 e. The maximum atomic E-state index is 11.0. The van der Waals surface area contributed by atoms with Gasteiger partial charge in [0.05, 0.1) is 6.04 Å². The van der Waals surface area contributed by atoms with E-state index in [4.69, 9.17) is 23.2 Å². The molecule has 1 unspecified atom stereocenters. The van der Waals surface area contributed by atoms with Crippen LogP contribution in [0.1, 0.15) is 5.56 Å². The minimum absolute atomic E-state index is 0.279. The summed E-state index contributed by atoms with van der Waals surface area (Å²) in [6, 6.07) is -0.279. The molecule has 2 rings (SSSR count). The Morgan fingerprint density at radius 1 is 1.41 bits per heavy atom. The smallest absolute Gasteiger partial charge is 0.228 e. The van der Waals surface area contributed by atoms with Crippen molar-refractivity contribution in [1.82, 2.24) is 15.3 Å². The van der Waals surface area contributed by atoms with Crippen molar-refractivity contribution in [2.45, 2.75) is 13.0 Å². The molecule has 0 bridgehead atoms. The number of carbonyl (C=O) groups is 1. The number of hydrogen-bond acceptors (Lipinski definition) is 5. The van der Waals surface area contributed by atoms with E-state index < -0.39 is 0 Å². The molecule has 92 valence electrons. The van der Waals surface area contributed by atoms with Crippen LogP contribution >= 0.6 is 23.2 Å². The number of aromatic nitrogens is 2. The van der Waals surface area contributed by atoms with Crippen molar-refractivity contribution in [1.29, 1.82) is 0 Å². The summed E-state index contributed by atoms with van der Waals surface area (Å²) in [5.41, 5.74) is 0.648. The zero-order valence-electron chi connectivity index (χ0n) is 9.28. The molecule has 0 aromatic carbocycles. The summed E-state index contributed by atoms with van der Waals surface area (Å²) in [6.45, 7) is 3.76. The normalized spacial score (nSPS) is 20.4. The summed E-state index contributed by atoms with van der Waals surface area (Å²) in [5, 5.41) is 3.78. The molecule has 0 saturated carbocycles. The molecule has 2 heterocycles. The Hall–Kier alpha value is -0.910. The first-order valence-corrected chi connectivity index (χ1v) is 6.01. The number of nitrogens with one attached hydrogen (secondary N) is 1. The molecule has 7 heteroatoms. The molecule has 0 spiro atoms. The van der Waals surface area contributed by atoms with Gasteiger partial charge in [-0.3, -0.25) is 0 Å². The minimum atomic E-state index is -0.279. The maximum absolute atomic E-state index is 11.0. The van der Waals surface area contributed by atoms with E-state index in [0.717, 1.165) is 12.8 Å². The zero-order valence-corrected chi connectivity index (χ0v) is 10.8. The number of halogens is 2. The standard InChI is InChI=1S/C10H12Cl2N4O/c1-6-8(11)14-10(15-9(6)12)16-3-2-13-4-7(16)5-17/h5,7,13H,2-4H2,1H3. The van der Waals surface area contributed by atoms with E-state index in [2.05, 4.69) is 15.3 Å². The second kappa shape index (κ2) is 5.16. The van der Waals surface area contributed by atoms with E-state index in [0.29, 0.717) is 34.9 Å². The summed E-state index contributed by atoms with van der Waals surface area (Å²) in [6.07, 6.45) is 0.872. The van der Waals surface area contributed by atoms with Crippen LogP contribution in [0.3, 0.4) is 0 Å². The monoisotopic (exact) mass is 274 g/mol.